The fourth-order valence-corrected chi connectivity index (χ4v) is 2.01. The summed E-state index contributed by atoms with van der Waals surface area (Å²) < 4.78 is 1.72. The fourth-order valence-electron chi connectivity index (χ4n) is 2.01. The van der Waals surface area contributed by atoms with Crippen LogP contribution >= 0.6 is 0 Å². The van der Waals surface area contributed by atoms with Crippen LogP contribution in [0.15, 0.2) is 12.1 Å². The van der Waals surface area contributed by atoms with Crippen molar-refractivity contribution in [3.8, 4) is 0 Å². The van der Waals surface area contributed by atoms with Gasteiger partial charge in [-0.1, -0.05) is 0 Å². The molecule has 6 heteroatoms. The molecule has 1 N–H and O–H groups in total. The highest BCUT2D eigenvalue weighted by molar-refractivity contribution is 5.46. The summed E-state index contributed by atoms with van der Waals surface area (Å²) >= 11 is 0. The summed E-state index contributed by atoms with van der Waals surface area (Å²) in [5.41, 5.74) is 0.751. The van der Waals surface area contributed by atoms with Crippen molar-refractivity contribution in [1.82, 2.24) is 19.8 Å². The van der Waals surface area contributed by atoms with Crippen LogP contribution in [0.2, 0.25) is 0 Å². The highest BCUT2D eigenvalue weighted by Gasteiger charge is 2.21. The molecule has 1 atom stereocenters. The second-order valence-corrected chi connectivity index (χ2v) is 4.10. The van der Waals surface area contributed by atoms with Crippen molar-refractivity contribution >= 4 is 11.5 Å². The van der Waals surface area contributed by atoms with E-state index in [0.717, 1.165) is 30.3 Å². The first-order chi connectivity index (χ1) is 7.74. The standard InChI is InChI=1S/C10H13N5O/c1-7-11-12-9-2-3-10(13-15(7)9)14-5-4-8(16)6-14/h2-3,8,16H,4-6H2,1H3. The van der Waals surface area contributed by atoms with Crippen molar-refractivity contribution in [3.63, 3.8) is 0 Å². The lowest BCUT2D eigenvalue weighted by molar-refractivity contribution is 0.198. The minimum Gasteiger partial charge on any atom is -0.391 e. The number of aliphatic hydroxyl groups excluding tert-OH is 1. The van der Waals surface area contributed by atoms with E-state index in [0.29, 0.717) is 6.54 Å². The van der Waals surface area contributed by atoms with Crippen LogP contribution in [0.25, 0.3) is 5.65 Å². The van der Waals surface area contributed by atoms with E-state index < -0.39 is 0 Å². The minimum atomic E-state index is -0.237. The Kier molecular flexibility index (Phi) is 2.03. The van der Waals surface area contributed by atoms with Gasteiger partial charge in [0.25, 0.3) is 0 Å². The highest BCUT2D eigenvalue weighted by atomic mass is 16.3. The molecule has 0 spiro atoms. The van der Waals surface area contributed by atoms with Crippen LogP contribution in [0.5, 0.6) is 0 Å². The number of β-amino-alcohol motifs (C(OH)–C–C–N with tert-alkyl or cyclic N) is 1. The van der Waals surface area contributed by atoms with Gasteiger partial charge in [0.2, 0.25) is 0 Å². The molecule has 1 aliphatic heterocycles. The van der Waals surface area contributed by atoms with Crippen LogP contribution in [0.4, 0.5) is 5.82 Å². The number of aryl methyl sites for hydroxylation is 1. The molecule has 0 bridgehead atoms. The molecular weight excluding hydrogens is 206 g/mol. The SMILES string of the molecule is Cc1nnc2ccc(N3CCC(O)C3)nn12. The topological polar surface area (TPSA) is 66.5 Å². The Morgan fingerprint density at radius 1 is 1.38 bits per heavy atom. The Labute approximate surface area is 92.5 Å². The molecule has 1 saturated heterocycles. The Balaban J connectivity index is 2.01. The largest absolute Gasteiger partial charge is 0.391 e. The first-order valence-corrected chi connectivity index (χ1v) is 5.36. The zero-order valence-electron chi connectivity index (χ0n) is 9.04. The number of aliphatic hydroxyl groups is 1. The molecule has 2 aromatic rings. The van der Waals surface area contributed by atoms with Crippen molar-refractivity contribution in [1.29, 1.82) is 0 Å². The second-order valence-electron chi connectivity index (χ2n) is 4.10. The summed E-state index contributed by atoms with van der Waals surface area (Å²) in [4.78, 5) is 2.07. The summed E-state index contributed by atoms with van der Waals surface area (Å²) in [5.74, 6) is 1.64. The van der Waals surface area contributed by atoms with E-state index in [4.69, 9.17) is 0 Å². The van der Waals surface area contributed by atoms with Crippen molar-refractivity contribution in [2.45, 2.75) is 19.4 Å². The van der Waals surface area contributed by atoms with Crippen molar-refractivity contribution in [3.05, 3.63) is 18.0 Å². The van der Waals surface area contributed by atoms with Gasteiger partial charge < -0.3 is 10.0 Å². The van der Waals surface area contributed by atoms with Gasteiger partial charge in [-0.15, -0.1) is 15.3 Å². The quantitative estimate of drug-likeness (QED) is 0.731. The summed E-state index contributed by atoms with van der Waals surface area (Å²) in [6.07, 6.45) is 0.570. The minimum absolute atomic E-state index is 0.237. The van der Waals surface area contributed by atoms with Crippen molar-refractivity contribution < 1.29 is 5.11 Å². The highest BCUT2D eigenvalue weighted by Crippen LogP contribution is 2.18. The van der Waals surface area contributed by atoms with Crippen LogP contribution < -0.4 is 4.90 Å². The zero-order valence-corrected chi connectivity index (χ0v) is 9.04. The van der Waals surface area contributed by atoms with Crippen LogP contribution in [0.3, 0.4) is 0 Å². The lowest BCUT2D eigenvalue weighted by atomic mass is 10.3. The van der Waals surface area contributed by atoms with Crippen LogP contribution in [-0.4, -0.2) is 44.1 Å². The molecule has 0 aromatic carbocycles. The van der Waals surface area contributed by atoms with Crippen molar-refractivity contribution in [2.24, 2.45) is 0 Å². The number of fused-ring (bicyclic) bond motifs is 1. The molecule has 0 saturated carbocycles. The molecule has 1 unspecified atom stereocenters. The Hall–Kier alpha value is -1.69. The number of nitrogens with zero attached hydrogens (tertiary/aromatic N) is 5. The van der Waals surface area contributed by atoms with E-state index in [9.17, 15) is 5.11 Å². The maximum Gasteiger partial charge on any atom is 0.178 e. The third-order valence-electron chi connectivity index (χ3n) is 2.89. The maximum atomic E-state index is 9.49. The first kappa shape index (κ1) is 9.53. The Morgan fingerprint density at radius 2 is 2.25 bits per heavy atom. The second kappa shape index (κ2) is 3.41. The molecule has 6 nitrogen and oxygen atoms in total. The van der Waals surface area contributed by atoms with Gasteiger partial charge in [0.15, 0.2) is 11.5 Å². The lowest BCUT2D eigenvalue weighted by Gasteiger charge is -2.15. The molecule has 1 fully saturated rings. The van der Waals surface area contributed by atoms with Gasteiger partial charge in [-0.25, -0.2) is 0 Å². The smallest absolute Gasteiger partial charge is 0.178 e. The fraction of sp³-hybridized carbons (Fsp3) is 0.500. The normalized spacial score (nSPS) is 20.9. The monoisotopic (exact) mass is 219 g/mol. The molecule has 0 amide bonds. The van der Waals surface area contributed by atoms with Gasteiger partial charge in [-0.2, -0.15) is 4.52 Å². The van der Waals surface area contributed by atoms with E-state index in [2.05, 4.69) is 20.2 Å². The van der Waals surface area contributed by atoms with Crippen molar-refractivity contribution in [2.75, 3.05) is 18.0 Å². The summed E-state index contributed by atoms with van der Waals surface area (Å²) in [7, 11) is 0. The predicted octanol–water partition coefficient (Wildman–Crippen LogP) is 0.00372. The Bertz CT molecular complexity index is 523. The van der Waals surface area contributed by atoms with Gasteiger partial charge in [0.1, 0.15) is 5.82 Å². The average Bonchev–Trinajstić information content (AvgIpc) is 2.86. The zero-order chi connectivity index (χ0) is 11.1. The molecule has 16 heavy (non-hydrogen) atoms. The molecule has 0 aliphatic carbocycles. The van der Waals surface area contributed by atoms with Crippen LogP contribution in [-0.2, 0) is 0 Å². The number of aromatic nitrogens is 4. The van der Waals surface area contributed by atoms with Crippen LogP contribution in [0.1, 0.15) is 12.2 Å². The van der Waals surface area contributed by atoms with E-state index in [-0.39, 0.29) is 6.10 Å². The van der Waals surface area contributed by atoms with Gasteiger partial charge in [-0.05, 0) is 25.5 Å². The number of hydrogen-bond acceptors (Lipinski definition) is 5. The lowest BCUT2D eigenvalue weighted by Crippen LogP contribution is -2.22. The predicted molar refractivity (Wildman–Crippen MR) is 58.4 cm³/mol. The molecule has 3 rings (SSSR count). The van der Waals surface area contributed by atoms with E-state index in [1.807, 2.05) is 19.1 Å². The molecule has 1 aliphatic rings. The molecular formula is C10H13N5O. The molecule has 84 valence electrons. The van der Waals surface area contributed by atoms with Gasteiger partial charge in [0, 0.05) is 13.1 Å². The third-order valence-corrected chi connectivity index (χ3v) is 2.89. The first-order valence-electron chi connectivity index (χ1n) is 5.36. The summed E-state index contributed by atoms with van der Waals surface area (Å²) in [6.45, 7) is 3.37. The number of rotatable bonds is 1. The van der Waals surface area contributed by atoms with E-state index in [1.165, 1.54) is 0 Å². The Morgan fingerprint density at radius 3 is 3.00 bits per heavy atom. The number of hydrogen-bond donors (Lipinski definition) is 1. The maximum absolute atomic E-state index is 9.49. The summed E-state index contributed by atoms with van der Waals surface area (Å²) in [5, 5.41) is 21.9. The van der Waals surface area contributed by atoms with E-state index in [1.54, 1.807) is 4.52 Å². The van der Waals surface area contributed by atoms with Gasteiger partial charge >= 0.3 is 0 Å². The third kappa shape index (κ3) is 1.42. The number of anilines is 1. The summed E-state index contributed by atoms with van der Waals surface area (Å²) in [6, 6.07) is 3.81. The molecule has 3 heterocycles. The molecule has 2 aromatic heterocycles. The molecule has 0 radical (unpaired) electrons. The van der Waals surface area contributed by atoms with E-state index >= 15 is 0 Å². The van der Waals surface area contributed by atoms with Gasteiger partial charge in [0.05, 0.1) is 6.10 Å². The van der Waals surface area contributed by atoms with Crippen LogP contribution in [0, 0.1) is 6.92 Å². The van der Waals surface area contributed by atoms with Gasteiger partial charge in [-0.3, -0.25) is 0 Å². The average molecular weight is 219 g/mol.